The van der Waals surface area contributed by atoms with E-state index in [1.807, 2.05) is 45.0 Å². The molecule has 2 rings (SSSR count). The number of nitrogens with one attached hydrogen (secondary N) is 1. The molecule has 0 bridgehead atoms. The van der Waals surface area contributed by atoms with Gasteiger partial charge >= 0.3 is 0 Å². The van der Waals surface area contributed by atoms with Crippen molar-refractivity contribution >= 4 is 21.6 Å². The molecule has 27 heavy (non-hydrogen) atoms. The number of aryl methyl sites for hydroxylation is 2. The quantitative estimate of drug-likeness (QED) is 0.586. The highest BCUT2D eigenvalue weighted by Gasteiger charge is 2.22. The van der Waals surface area contributed by atoms with Gasteiger partial charge in [0.25, 0.3) is 5.91 Å². The first-order chi connectivity index (χ1) is 12.7. The molecule has 2 aromatic rings. The molecule has 0 unspecified atom stereocenters. The van der Waals surface area contributed by atoms with Gasteiger partial charge in [-0.2, -0.15) is 9.41 Å². The Morgan fingerprint density at radius 3 is 2.04 bits per heavy atom. The first kappa shape index (κ1) is 20.8. The Bertz CT molecular complexity index is 918. The van der Waals surface area contributed by atoms with Gasteiger partial charge in [0.15, 0.2) is 0 Å². The van der Waals surface area contributed by atoms with Crippen molar-refractivity contribution in [2.45, 2.75) is 32.1 Å². The van der Waals surface area contributed by atoms with E-state index < -0.39 is 15.9 Å². The van der Waals surface area contributed by atoms with Crippen LogP contribution in [0.25, 0.3) is 0 Å². The molecule has 6 nitrogen and oxygen atoms in total. The van der Waals surface area contributed by atoms with Crippen LogP contribution in [0.3, 0.4) is 0 Å². The van der Waals surface area contributed by atoms with Gasteiger partial charge in [-0.05, 0) is 38.0 Å². The van der Waals surface area contributed by atoms with E-state index in [1.54, 1.807) is 12.1 Å². The first-order valence-corrected chi connectivity index (χ1v) is 10.1. The summed E-state index contributed by atoms with van der Waals surface area (Å²) in [7, 11) is -2.35. The maximum Gasteiger partial charge on any atom is 0.255 e. The minimum Gasteiger partial charge on any atom is -0.272 e. The molecular weight excluding hydrogens is 362 g/mol. The molecule has 0 saturated carbocycles. The average Bonchev–Trinajstić information content (AvgIpc) is 2.64. The summed E-state index contributed by atoms with van der Waals surface area (Å²) in [5.74, 6) is -0.494. The second-order valence-electron chi connectivity index (χ2n) is 6.39. The van der Waals surface area contributed by atoms with Crippen molar-refractivity contribution in [2.75, 3.05) is 13.6 Å². The van der Waals surface area contributed by atoms with Crippen LogP contribution >= 0.6 is 0 Å². The normalized spacial score (nSPS) is 12.3. The highest BCUT2D eigenvalue weighted by Crippen LogP contribution is 2.14. The SMILES string of the molecule is CC/C(=N/NC(=O)CN(C)S(=O)(=O)c1ccc(C)cc1)c1ccc(C)cc1. The minimum absolute atomic E-state index is 0.154. The number of hydrazone groups is 1. The second kappa shape index (κ2) is 8.92. The molecule has 0 atom stereocenters. The molecule has 144 valence electrons. The predicted molar refractivity (Wildman–Crippen MR) is 107 cm³/mol. The van der Waals surface area contributed by atoms with Crippen LogP contribution < -0.4 is 5.43 Å². The molecule has 1 N–H and O–H groups in total. The van der Waals surface area contributed by atoms with Crippen LogP contribution in [0.5, 0.6) is 0 Å². The third-order valence-electron chi connectivity index (χ3n) is 4.13. The number of rotatable bonds is 7. The van der Waals surface area contributed by atoms with Gasteiger partial charge in [0.05, 0.1) is 17.2 Å². The van der Waals surface area contributed by atoms with Crippen molar-refractivity contribution < 1.29 is 13.2 Å². The molecule has 0 heterocycles. The fraction of sp³-hybridized carbons (Fsp3) is 0.300. The predicted octanol–water partition coefficient (Wildman–Crippen LogP) is 2.85. The highest BCUT2D eigenvalue weighted by atomic mass is 32.2. The zero-order valence-corrected chi connectivity index (χ0v) is 16.9. The van der Waals surface area contributed by atoms with Crippen molar-refractivity contribution in [3.05, 3.63) is 65.2 Å². The van der Waals surface area contributed by atoms with E-state index >= 15 is 0 Å². The van der Waals surface area contributed by atoms with E-state index in [1.165, 1.54) is 19.2 Å². The van der Waals surface area contributed by atoms with Crippen LogP contribution in [-0.4, -0.2) is 37.9 Å². The van der Waals surface area contributed by atoms with Crippen LogP contribution in [0, 0.1) is 13.8 Å². The highest BCUT2D eigenvalue weighted by molar-refractivity contribution is 7.89. The summed E-state index contributed by atoms with van der Waals surface area (Å²) in [4.78, 5) is 12.3. The number of nitrogens with zero attached hydrogens (tertiary/aromatic N) is 2. The molecule has 0 radical (unpaired) electrons. The van der Waals surface area contributed by atoms with Gasteiger partial charge in [-0.25, -0.2) is 13.8 Å². The van der Waals surface area contributed by atoms with E-state index in [9.17, 15) is 13.2 Å². The Hall–Kier alpha value is -2.51. The van der Waals surface area contributed by atoms with Gasteiger partial charge in [-0.3, -0.25) is 4.79 Å². The summed E-state index contributed by atoms with van der Waals surface area (Å²) in [6, 6.07) is 14.3. The third-order valence-corrected chi connectivity index (χ3v) is 5.95. The molecule has 0 spiro atoms. The lowest BCUT2D eigenvalue weighted by molar-refractivity contribution is -0.121. The number of likely N-dealkylation sites (N-methyl/N-ethyl adjacent to an activating group) is 1. The Morgan fingerprint density at radius 2 is 1.52 bits per heavy atom. The minimum atomic E-state index is -3.73. The van der Waals surface area contributed by atoms with Gasteiger partial charge in [0, 0.05) is 7.05 Å². The molecule has 0 aliphatic rings. The zero-order valence-electron chi connectivity index (χ0n) is 16.1. The molecule has 0 aromatic heterocycles. The van der Waals surface area contributed by atoms with Crippen LogP contribution in [0.1, 0.15) is 30.0 Å². The van der Waals surface area contributed by atoms with Gasteiger partial charge in [0.2, 0.25) is 10.0 Å². The topological polar surface area (TPSA) is 78.8 Å². The molecule has 7 heteroatoms. The zero-order chi connectivity index (χ0) is 20.0. The number of hydrogen-bond donors (Lipinski definition) is 1. The number of sulfonamides is 1. The summed E-state index contributed by atoms with van der Waals surface area (Å²) in [6.45, 7) is 5.51. The summed E-state index contributed by atoms with van der Waals surface area (Å²) < 4.78 is 26.1. The monoisotopic (exact) mass is 387 g/mol. The number of amides is 1. The number of benzene rings is 2. The van der Waals surface area contributed by atoms with E-state index in [-0.39, 0.29) is 11.4 Å². The van der Waals surface area contributed by atoms with Crippen LogP contribution in [0.2, 0.25) is 0 Å². The van der Waals surface area contributed by atoms with Crippen molar-refractivity contribution in [3.8, 4) is 0 Å². The number of carbonyl (C=O) groups excluding carboxylic acids is 1. The van der Waals surface area contributed by atoms with Crippen molar-refractivity contribution in [3.63, 3.8) is 0 Å². The summed E-state index contributed by atoms with van der Waals surface area (Å²) in [5, 5.41) is 4.16. The van der Waals surface area contributed by atoms with Crippen molar-refractivity contribution in [1.82, 2.24) is 9.73 Å². The Labute approximate surface area is 161 Å². The van der Waals surface area contributed by atoms with E-state index in [2.05, 4.69) is 10.5 Å². The lowest BCUT2D eigenvalue weighted by atomic mass is 10.1. The molecule has 0 saturated heterocycles. The fourth-order valence-electron chi connectivity index (χ4n) is 2.44. The summed E-state index contributed by atoms with van der Waals surface area (Å²) in [5.41, 5.74) is 6.21. The van der Waals surface area contributed by atoms with Gasteiger partial charge in [-0.15, -0.1) is 0 Å². The van der Waals surface area contributed by atoms with Crippen molar-refractivity contribution in [2.24, 2.45) is 5.10 Å². The van der Waals surface area contributed by atoms with Gasteiger partial charge < -0.3 is 0 Å². The average molecular weight is 388 g/mol. The maximum atomic E-state index is 12.5. The largest absolute Gasteiger partial charge is 0.272 e. The summed E-state index contributed by atoms with van der Waals surface area (Å²) >= 11 is 0. The Kier molecular flexibility index (Phi) is 6.87. The first-order valence-electron chi connectivity index (χ1n) is 8.69. The second-order valence-corrected chi connectivity index (χ2v) is 8.43. The van der Waals surface area contributed by atoms with Crippen LogP contribution in [0.4, 0.5) is 0 Å². The van der Waals surface area contributed by atoms with E-state index in [0.29, 0.717) is 6.42 Å². The maximum absolute atomic E-state index is 12.5. The van der Waals surface area contributed by atoms with Crippen LogP contribution in [-0.2, 0) is 14.8 Å². The Balaban J connectivity index is 2.05. The lowest BCUT2D eigenvalue weighted by Crippen LogP contribution is -2.37. The van der Waals surface area contributed by atoms with Gasteiger partial charge in [0.1, 0.15) is 0 Å². The molecule has 1 amide bonds. The summed E-state index contributed by atoms with van der Waals surface area (Å²) in [6.07, 6.45) is 0.640. The van der Waals surface area contributed by atoms with Crippen molar-refractivity contribution in [1.29, 1.82) is 0 Å². The number of hydrogen-bond acceptors (Lipinski definition) is 4. The molecule has 2 aromatic carbocycles. The lowest BCUT2D eigenvalue weighted by Gasteiger charge is -2.16. The molecule has 0 fully saturated rings. The Morgan fingerprint density at radius 1 is 1.00 bits per heavy atom. The van der Waals surface area contributed by atoms with Gasteiger partial charge in [-0.1, -0.05) is 54.4 Å². The van der Waals surface area contributed by atoms with Crippen LogP contribution in [0.15, 0.2) is 58.5 Å². The fourth-order valence-corrected chi connectivity index (χ4v) is 3.56. The number of carbonyl (C=O) groups is 1. The molecule has 0 aliphatic heterocycles. The molecular formula is C20H25N3O3S. The van der Waals surface area contributed by atoms with E-state index in [0.717, 1.165) is 26.7 Å². The van der Waals surface area contributed by atoms with E-state index in [4.69, 9.17) is 0 Å². The standard InChI is InChI=1S/C20H25N3O3S/c1-5-19(17-10-6-15(2)7-11-17)21-22-20(24)14-23(4)27(25,26)18-12-8-16(3)9-13-18/h6-13H,5,14H2,1-4H3,(H,22,24)/b21-19-. The smallest absolute Gasteiger partial charge is 0.255 e. The third kappa shape index (κ3) is 5.48. The molecule has 0 aliphatic carbocycles.